The maximum atomic E-state index is 12.1. The van der Waals surface area contributed by atoms with Gasteiger partial charge in [-0.2, -0.15) is 5.26 Å². The molecule has 1 saturated carbocycles. The summed E-state index contributed by atoms with van der Waals surface area (Å²) in [4.78, 5) is 24.1. The van der Waals surface area contributed by atoms with Crippen LogP contribution in [-0.2, 0) is 19.7 Å². The highest BCUT2D eigenvalue weighted by atomic mass is 16.6. The molecule has 1 aliphatic heterocycles. The van der Waals surface area contributed by atoms with Crippen molar-refractivity contribution in [2.45, 2.75) is 24.7 Å². The van der Waals surface area contributed by atoms with E-state index >= 15 is 0 Å². The van der Waals surface area contributed by atoms with E-state index in [1.54, 1.807) is 12.1 Å². The molecule has 0 spiro atoms. The molecular weight excluding hydrogens is 326 g/mol. The molecule has 2 aliphatic rings. The Balaban J connectivity index is 2.08. The van der Waals surface area contributed by atoms with E-state index in [-0.39, 0.29) is 18.6 Å². The Morgan fingerprint density at radius 1 is 1.28 bits per heavy atom. The second-order valence-electron chi connectivity index (χ2n) is 6.11. The van der Waals surface area contributed by atoms with Crippen molar-refractivity contribution in [1.29, 1.82) is 5.26 Å². The number of carbonyl (C=O) groups is 2. The van der Waals surface area contributed by atoms with Crippen molar-refractivity contribution < 1.29 is 28.5 Å². The monoisotopic (exact) mass is 345 g/mol. The van der Waals surface area contributed by atoms with Gasteiger partial charge < -0.3 is 18.9 Å². The van der Waals surface area contributed by atoms with Crippen molar-refractivity contribution in [2.24, 2.45) is 5.92 Å². The molecule has 1 aliphatic carbocycles. The molecule has 3 rings (SSSR count). The van der Waals surface area contributed by atoms with Crippen LogP contribution in [0.5, 0.6) is 17.2 Å². The smallest absolute Gasteiger partial charge is 0.316 e. The Labute approximate surface area is 145 Å². The molecule has 0 amide bonds. The second kappa shape index (κ2) is 6.63. The molecule has 2 unspecified atom stereocenters. The van der Waals surface area contributed by atoms with Gasteiger partial charge in [-0.1, -0.05) is 0 Å². The van der Waals surface area contributed by atoms with Gasteiger partial charge in [0.1, 0.15) is 24.9 Å². The lowest BCUT2D eigenvalue weighted by molar-refractivity contribution is -0.151. The van der Waals surface area contributed by atoms with Gasteiger partial charge in [-0.3, -0.25) is 9.59 Å². The lowest BCUT2D eigenvalue weighted by Gasteiger charge is -2.36. The van der Waals surface area contributed by atoms with Crippen LogP contribution >= 0.6 is 0 Å². The van der Waals surface area contributed by atoms with Crippen molar-refractivity contribution in [2.75, 3.05) is 27.4 Å². The number of carbonyl (C=O) groups excluding carboxylic acids is 2. The summed E-state index contributed by atoms with van der Waals surface area (Å²) in [5.74, 6) is -0.331. The Bertz CT molecular complexity index is 745. The van der Waals surface area contributed by atoms with Crippen molar-refractivity contribution in [1.82, 2.24) is 0 Å². The van der Waals surface area contributed by atoms with E-state index in [2.05, 4.69) is 6.07 Å². The van der Waals surface area contributed by atoms with Crippen LogP contribution < -0.4 is 14.2 Å². The summed E-state index contributed by atoms with van der Waals surface area (Å²) in [6.45, 7) is 0.740. The van der Waals surface area contributed by atoms with Crippen LogP contribution in [0.1, 0.15) is 24.8 Å². The average molecular weight is 345 g/mol. The number of fused-ring (bicyclic) bond motifs is 1. The number of methoxy groups -OCH3 is 2. The molecule has 7 nitrogen and oxygen atoms in total. The molecule has 25 heavy (non-hydrogen) atoms. The van der Waals surface area contributed by atoms with Crippen molar-refractivity contribution in [3.63, 3.8) is 0 Å². The predicted octanol–water partition coefficient (Wildman–Crippen LogP) is 1.77. The summed E-state index contributed by atoms with van der Waals surface area (Å²) < 4.78 is 21.5. The molecule has 132 valence electrons. The number of esters is 1. The zero-order valence-electron chi connectivity index (χ0n) is 14.2. The Hall–Kier alpha value is -2.75. The second-order valence-corrected chi connectivity index (χ2v) is 6.11. The van der Waals surface area contributed by atoms with E-state index < -0.39 is 17.3 Å². The van der Waals surface area contributed by atoms with Crippen molar-refractivity contribution in [3.05, 3.63) is 17.7 Å². The predicted molar refractivity (Wildman–Crippen MR) is 85.6 cm³/mol. The highest BCUT2D eigenvalue weighted by Crippen LogP contribution is 2.50. The fourth-order valence-corrected chi connectivity index (χ4v) is 3.49. The summed E-state index contributed by atoms with van der Waals surface area (Å²) >= 11 is 0. The normalized spacial score (nSPS) is 25.0. The molecule has 2 atom stereocenters. The van der Waals surface area contributed by atoms with Crippen LogP contribution in [0.25, 0.3) is 0 Å². The minimum atomic E-state index is -1.02. The molecule has 7 heteroatoms. The van der Waals surface area contributed by atoms with Gasteiger partial charge in [0.25, 0.3) is 0 Å². The fraction of sp³-hybridized carbons (Fsp3) is 0.500. The SMILES string of the molecule is COC(=O)C1CC(C#N)(c2ccc(OC)c3c2OCCO3)CCC1=O. The van der Waals surface area contributed by atoms with Gasteiger partial charge in [0.15, 0.2) is 11.5 Å². The van der Waals surface area contributed by atoms with Crippen molar-refractivity contribution >= 4 is 11.8 Å². The van der Waals surface area contributed by atoms with Gasteiger partial charge in [-0.15, -0.1) is 0 Å². The number of nitriles is 1. The fourth-order valence-electron chi connectivity index (χ4n) is 3.49. The van der Waals surface area contributed by atoms with Gasteiger partial charge >= 0.3 is 5.97 Å². The van der Waals surface area contributed by atoms with Gasteiger partial charge in [-0.05, 0) is 25.0 Å². The zero-order valence-corrected chi connectivity index (χ0v) is 14.2. The van der Waals surface area contributed by atoms with E-state index in [0.717, 1.165) is 0 Å². The van der Waals surface area contributed by atoms with Gasteiger partial charge in [0, 0.05) is 12.0 Å². The van der Waals surface area contributed by atoms with Gasteiger partial charge in [0.05, 0.1) is 25.7 Å². The highest BCUT2D eigenvalue weighted by molar-refractivity contribution is 6.00. The Morgan fingerprint density at radius 2 is 2.00 bits per heavy atom. The molecule has 1 heterocycles. The molecule has 0 saturated heterocycles. The molecule has 0 aromatic heterocycles. The van der Waals surface area contributed by atoms with Gasteiger partial charge in [-0.25, -0.2) is 0 Å². The molecule has 0 bridgehead atoms. The molecule has 1 fully saturated rings. The molecule has 1 aromatic carbocycles. The average Bonchev–Trinajstić information content (AvgIpc) is 2.67. The zero-order chi connectivity index (χ0) is 18.0. The first-order valence-electron chi connectivity index (χ1n) is 8.05. The van der Waals surface area contributed by atoms with E-state index in [9.17, 15) is 14.9 Å². The molecule has 0 radical (unpaired) electrons. The topological polar surface area (TPSA) is 94.9 Å². The third kappa shape index (κ3) is 2.78. The van der Waals surface area contributed by atoms with Crippen molar-refractivity contribution in [3.8, 4) is 23.3 Å². The summed E-state index contributed by atoms with van der Waals surface area (Å²) in [6, 6.07) is 5.78. The summed E-state index contributed by atoms with van der Waals surface area (Å²) in [5, 5.41) is 9.94. The number of hydrogen-bond acceptors (Lipinski definition) is 7. The van der Waals surface area contributed by atoms with Crippen LogP contribution in [-0.4, -0.2) is 39.2 Å². The number of hydrogen-bond donors (Lipinski definition) is 0. The number of nitrogens with zero attached hydrogens (tertiary/aromatic N) is 1. The Morgan fingerprint density at radius 3 is 2.64 bits per heavy atom. The maximum Gasteiger partial charge on any atom is 0.316 e. The van der Waals surface area contributed by atoms with Crippen LogP contribution in [0.15, 0.2) is 12.1 Å². The first-order valence-corrected chi connectivity index (χ1v) is 8.05. The molecule has 0 N–H and O–H groups in total. The lowest BCUT2D eigenvalue weighted by atomic mass is 9.66. The largest absolute Gasteiger partial charge is 0.493 e. The van der Waals surface area contributed by atoms with Crippen LogP contribution in [0.3, 0.4) is 0 Å². The van der Waals surface area contributed by atoms with E-state index in [0.29, 0.717) is 42.4 Å². The van der Waals surface area contributed by atoms with Gasteiger partial charge in [0.2, 0.25) is 5.75 Å². The number of Topliss-reactive ketones (excluding diaryl/α,β-unsaturated/α-hetero) is 1. The van der Waals surface area contributed by atoms with Crippen LogP contribution in [0.4, 0.5) is 0 Å². The third-order valence-electron chi connectivity index (χ3n) is 4.83. The highest BCUT2D eigenvalue weighted by Gasteiger charge is 2.47. The number of ketones is 1. The first-order chi connectivity index (χ1) is 12.1. The molecular formula is C18H19NO6. The summed E-state index contributed by atoms with van der Waals surface area (Å²) in [7, 11) is 2.77. The quantitative estimate of drug-likeness (QED) is 0.608. The standard InChI is InChI=1S/C18H19NO6/c1-22-14-4-3-12(15-16(14)25-8-7-24-15)18(10-19)6-5-13(20)11(9-18)17(21)23-2/h3-4,11H,5-9H2,1-2H3. The van der Waals surface area contributed by atoms with Crippen LogP contribution in [0.2, 0.25) is 0 Å². The number of rotatable bonds is 3. The first kappa shape index (κ1) is 17.1. The van der Waals surface area contributed by atoms with E-state index in [4.69, 9.17) is 18.9 Å². The maximum absolute atomic E-state index is 12.1. The Kier molecular flexibility index (Phi) is 4.53. The summed E-state index contributed by atoms with van der Waals surface area (Å²) in [6.07, 6.45) is 0.518. The van der Waals surface area contributed by atoms with Crippen LogP contribution in [0, 0.1) is 17.2 Å². The number of ether oxygens (including phenoxy) is 4. The minimum Gasteiger partial charge on any atom is -0.493 e. The lowest BCUT2D eigenvalue weighted by Crippen LogP contribution is -2.41. The molecule has 1 aromatic rings. The minimum absolute atomic E-state index is 0.0666. The van der Waals surface area contributed by atoms with E-state index in [1.807, 2.05) is 0 Å². The number of benzene rings is 1. The summed E-state index contributed by atoms with van der Waals surface area (Å²) in [5.41, 5.74) is -0.406. The van der Waals surface area contributed by atoms with E-state index in [1.165, 1.54) is 14.2 Å². The third-order valence-corrected chi connectivity index (χ3v) is 4.83.